The van der Waals surface area contributed by atoms with Gasteiger partial charge in [-0.05, 0) is 119 Å². The molecule has 2 fully saturated rings. The van der Waals surface area contributed by atoms with Gasteiger partial charge in [-0.3, -0.25) is 43.5 Å². The van der Waals surface area contributed by atoms with Crippen LogP contribution in [-0.2, 0) is 38.2 Å². The van der Waals surface area contributed by atoms with Gasteiger partial charge in [0.2, 0.25) is 17.7 Å². The number of amides is 6. The zero-order valence-electron chi connectivity index (χ0n) is 51.0. The number of carbonyl (C=O) groups is 9. The minimum absolute atomic E-state index is 0.00937. The summed E-state index contributed by atoms with van der Waals surface area (Å²) in [6, 6.07) is 13.1. The molecule has 4 unspecified atom stereocenters. The van der Waals surface area contributed by atoms with Gasteiger partial charge in [-0.2, -0.15) is 5.10 Å². The second kappa shape index (κ2) is 29.6. The molecule has 87 heavy (non-hydrogen) atoms. The van der Waals surface area contributed by atoms with Crippen molar-refractivity contribution < 1.29 is 66.5 Å². The number of aryl methyl sites for hydroxylation is 1. The van der Waals surface area contributed by atoms with Crippen LogP contribution in [0.15, 0.2) is 69.1 Å². The number of nitrogens with zero attached hydrogens (tertiary/aromatic N) is 7. The molecule has 4 heterocycles. The maximum absolute atomic E-state index is 14.4. The number of furan rings is 1. The van der Waals surface area contributed by atoms with Crippen LogP contribution in [0.2, 0.25) is 0 Å². The Morgan fingerprint density at radius 1 is 0.885 bits per heavy atom. The number of H-pyrrole nitrogens is 1. The number of nitrogens with one attached hydrogen (secondary N) is 1. The molecular weight excluding hydrogens is 1160 g/mol. The monoisotopic (exact) mass is 1240 g/mol. The summed E-state index contributed by atoms with van der Waals surface area (Å²) in [7, 11) is 8.92. The lowest BCUT2D eigenvalue weighted by Gasteiger charge is -2.32. The number of nitrogens with two attached hydrogens (primary N) is 1. The van der Waals surface area contributed by atoms with E-state index in [0.717, 1.165) is 11.4 Å². The number of carbonyl (C=O) groups excluding carboxylic acids is 9. The number of hydrazone groups is 1. The van der Waals surface area contributed by atoms with Crippen molar-refractivity contribution in [1.29, 1.82) is 0 Å². The zero-order chi connectivity index (χ0) is 63.4. The number of ketones is 2. The third-order valence-corrected chi connectivity index (χ3v) is 17.6. The van der Waals surface area contributed by atoms with Crippen LogP contribution in [0.1, 0.15) is 128 Å². The van der Waals surface area contributed by atoms with Crippen molar-refractivity contribution in [2.75, 3.05) is 86.8 Å². The minimum atomic E-state index is -1.58. The van der Waals surface area contributed by atoms with Gasteiger partial charge in [-0.15, -0.1) is 23.4 Å². The van der Waals surface area contributed by atoms with E-state index in [1.807, 2.05) is 0 Å². The summed E-state index contributed by atoms with van der Waals surface area (Å²) in [5.74, 6) is -0.934. The molecule has 468 valence electrons. The second-order valence-corrected chi connectivity index (χ2v) is 24.0. The van der Waals surface area contributed by atoms with Gasteiger partial charge in [0.1, 0.15) is 34.1 Å². The molecule has 2 aromatic heterocycles. The van der Waals surface area contributed by atoms with E-state index in [1.54, 1.807) is 87.5 Å². The van der Waals surface area contributed by atoms with Gasteiger partial charge in [-0.25, -0.2) is 14.6 Å². The van der Waals surface area contributed by atoms with E-state index in [-0.39, 0.29) is 117 Å². The van der Waals surface area contributed by atoms with Crippen LogP contribution in [0.25, 0.3) is 16.7 Å². The van der Waals surface area contributed by atoms with Crippen molar-refractivity contribution >= 4 is 105 Å². The number of esters is 1. The summed E-state index contributed by atoms with van der Waals surface area (Å²) in [6.45, 7) is 7.06. The number of halogens is 1. The van der Waals surface area contributed by atoms with E-state index < -0.39 is 52.4 Å². The van der Waals surface area contributed by atoms with Crippen LogP contribution in [0.5, 0.6) is 11.5 Å². The molecule has 0 saturated carbocycles. The van der Waals surface area contributed by atoms with Crippen molar-refractivity contribution in [1.82, 2.24) is 29.6 Å². The first-order valence-corrected chi connectivity index (χ1v) is 30.4. The number of Topliss-reactive ketones (excluding diaryl/α,β-unsaturated/α-hetero) is 2. The topological polar surface area (TPSA) is 286 Å². The van der Waals surface area contributed by atoms with Crippen molar-refractivity contribution in [2.45, 2.75) is 103 Å². The Hall–Kier alpha value is -7.99. The third-order valence-electron chi connectivity index (χ3n) is 15.9. The number of amidine groups is 1. The summed E-state index contributed by atoms with van der Waals surface area (Å²) in [4.78, 5) is 132. The smallest absolute Gasteiger partial charge is 0.415 e. The van der Waals surface area contributed by atoms with Crippen molar-refractivity contribution in [3.05, 3.63) is 88.4 Å². The highest BCUT2D eigenvalue weighted by atomic mass is 35.5. The normalized spacial score (nSPS) is 17.6. The lowest BCUT2D eigenvalue weighted by Crippen LogP contribution is -2.49. The van der Waals surface area contributed by atoms with Crippen LogP contribution in [0.4, 0.5) is 4.79 Å². The molecule has 23 nitrogen and oxygen atoms in total. The zero-order valence-corrected chi connectivity index (χ0v) is 52.6. The molecule has 0 radical (unpaired) electrons. The molecule has 3 aliphatic rings. The van der Waals surface area contributed by atoms with E-state index in [4.69, 9.17) is 40.7 Å². The van der Waals surface area contributed by atoms with Gasteiger partial charge in [0, 0.05) is 121 Å². The molecule has 4 aromatic rings. The Kier molecular flexibility index (Phi) is 22.6. The quantitative estimate of drug-likeness (QED) is 0.00773. The Morgan fingerprint density at radius 3 is 2.23 bits per heavy atom. The molecule has 3 N–H and O–H groups in total. The number of aliphatic imine (C=N–C) groups is 1. The van der Waals surface area contributed by atoms with E-state index >= 15 is 0 Å². The maximum Gasteiger partial charge on any atom is 0.415 e. The first-order chi connectivity index (χ1) is 41.4. The number of imide groups is 1. The van der Waals surface area contributed by atoms with E-state index in [2.05, 4.69) is 15.1 Å². The molecule has 0 bridgehead atoms. The van der Waals surface area contributed by atoms with Gasteiger partial charge in [0.25, 0.3) is 11.8 Å². The first kappa shape index (κ1) is 66.5. The van der Waals surface area contributed by atoms with Crippen LogP contribution >= 0.6 is 23.4 Å². The number of methoxy groups -OCH3 is 2. The molecule has 7 rings (SSSR count). The lowest BCUT2D eigenvalue weighted by atomic mass is 9.79. The Balaban J connectivity index is 0.855. The predicted molar refractivity (Wildman–Crippen MR) is 329 cm³/mol. The Labute approximate surface area is 515 Å². The lowest BCUT2D eigenvalue weighted by molar-refractivity contribution is -0.152. The van der Waals surface area contributed by atoms with Gasteiger partial charge in [0.05, 0.1) is 54.9 Å². The van der Waals surface area contributed by atoms with Crippen molar-refractivity contribution in [3.63, 3.8) is 0 Å². The molecule has 2 aromatic carbocycles. The van der Waals surface area contributed by atoms with Crippen LogP contribution in [-0.4, -0.2) is 192 Å². The maximum atomic E-state index is 14.4. The number of hydrogen-bond acceptors (Lipinski definition) is 17. The Morgan fingerprint density at radius 2 is 1.56 bits per heavy atom. The van der Waals surface area contributed by atoms with E-state index in [0.29, 0.717) is 81.5 Å². The minimum Gasteiger partial charge on any atom is -0.497 e. The number of fused-ring (bicyclic) bond motifs is 4. The van der Waals surface area contributed by atoms with Crippen LogP contribution < -0.4 is 15.2 Å². The predicted octanol–water partition coefficient (Wildman–Crippen LogP) is 7.60. The SMILES string of the molecule is CN=C(N)CCCSC1CC(=O)N(CCCC(=O)CCC(=O)CCCOc2ccc(/C(C)=N\N(C)C(=O)C(C)(C)C(=O)N(C)CCN(C)C(=O)OC3=CC4C(c5c3[nH]c(C)c5C(=O)OC)C(CCl)CN4C(=O)c3cc4cc(OC)ccc4o3)cc2)C1=O. The van der Waals surface area contributed by atoms with Crippen LogP contribution in [0, 0.1) is 18.3 Å². The average Bonchev–Trinajstić information content (AvgIpc) is 1.67. The summed E-state index contributed by atoms with van der Waals surface area (Å²) in [5, 5.41) is 5.84. The number of thioether (sulfide) groups is 1. The Bertz CT molecular complexity index is 3350. The molecule has 0 spiro atoms. The van der Waals surface area contributed by atoms with Gasteiger partial charge >= 0.3 is 12.1 Å². The number of ether oxygens (including phenoxy) is 4. The third kappa shape index (κ3) is 15.8. The van der Waals surface area contributed by atoms with Crippen molar-refractivity contribution in [3.8, 4) is 11.5 Å². The second-order valence-electron chi connectivity index (χ2n) is 22.4. The number of aromatic amines is 1. The molecule has 6 amide bonds. The number of benzene rings is 2. The largest absolute Gasteiger partial charge is 0.497 e. The number of hydrogen-bond donors (Lipinski definition) is 2. The van der Waals surface area contributed by atoms with E-state index in [1.165, 1.54) is 68.6 Å². The number of aromatic nitrogens is 1. The fourth-order valence-corrected chi connectivity index (χ4v) is 12.4. The highest BCUT2D eigenvalue weighted by molar-refractivity contribution is 8.00. The number of likely N-dealkylation sites (N-methyl/N-ethyl adjacent to an activating group) is 2. The summed E-state index contributed by atoms with van der Waals surface area (Å²) < 4.78 is 28.5. The summed E-state index contributed by atoms with van der Waals surface area (Å²) in [5.41, 5.74) is 7.39. The molecule has 4 atom stereocenters. The molecule has 25 heteroatoms. The summed E-state index contributed by atoms with van der Waals surface area (Å²) in [6.07, 6.45) is 3.78. The molecular formula is C62H78ClN9O14S. The first-order valence-electron chi connectivity index (χ1n) is 28.9. The van der Waals surface area contributed by atoms with Crippen molar-refractivity contribution in [2.24, 2.45) is 27.2 Å². The molecule has 1 aliphatic carbocycles. The summed E-state index contributed by atoms with van der Waals surface area (Å²) >= 11 is 8.04. The van der Waals surface area contributed by atoms with Gasteiger partial charge in [0.15, 0.2) is 11.5 Å². The number of alkyl halides is 1. The van der Waals surface area contributed by atoms with Crippen LogP contribution in [0.3, 0.4) is 0 Å². The fourth-order valence-electron chi connectivity index (χ4n) is 11.0. The highest BCUT2D eigenvalue weighted by Gasteiger charge is 2.51. The average molecular weight is 1240 g/mol. The molecule has 2 saturated heterocycles. The number of rotatable bonds is 29. The van der Waals surface area contributed by atoms with Gasteiger partial charge in [-0.1, -0.05) is 0 Å². The number of likely N-dealkylation sites (tertiary alicyclic amines) is 2. The van der Waals surface area contributed by atoms with Gasteiger partial charge < -0.3 is 48.8 Å². The highest BCUT2D eigenvalue weighted by Crippen LogP contribution is 2.49. The van der Waals surface area contributed by atoms with E-state index in [9.17, 15) is 43.2 Å². The molecule has 2 aliphatic heterocycles. The standard InChI is InChI=1S/C62H78ClN9O14S/c1-36(38-17-21-43(22-18-38)84-28-12-15-42(74)20-19-41(73)14-11-25-71-51(75)33-49(57(71)77)87-29-13-16-50(64)65-5)67-70(8)60(80)62(3,4)59(79)68(6)26-27-69(7)61(81)86-47-32-45-53(54-52(58(78)83-10)37(2)66-55(47)54)40(34-63)35-72(45)56(76)48-31-39-30-44(82-9)23-24-46(39)85-48/h17-18,21-24,30-32,40,45,49,53,66H,11-16,19-20,25-29,33-35H2,1-10H3,(H2,64,65)/b67-36-. The fraction of sp³-hybridized carbons (Fsp3) is 0.500.